The Morgan fingerprint density at radius 2 is 1.80 bits per heavy atom. The Labute approximate surface area is 146 Å². The molecule has 1 amide bonds. The summed E-state index contributed by atoms with van der Waals surface area (Å²) in [5.41, 5.74) is 0.565. The molecule has 1 aromatic carbocycles. The number of carbonyl (C=O) groups is 1. The summed E-state index contributed by atoms with van der Waals surface area (Å²) in [4.78, 5) is 27.1. The molecule has 1 N–H and O–H groups in total. The largest absolute Gasteiger partial charge is 0.342 e. The predicted molar refractivity (Wildman–Crippen MR) is 96.4 cm³/mol. The fourth-order valence-corrected chi connectivity index (χ4v) is 4.23. The van der Waals surface area contributed by atoms with Gasteiger partial charge in [0.25, 0.3) is 5.56 Å². The molecule has 2 aliphatic heterocycles. The third-order valence-electron chi connectivity index (χ3n) is 5.72. The molecule has 0 aliphatic carbocycles. The molecule has 2 atom stereocenters. The van der Waals surface area contributed by atoms with Crippen LogP contribution in [0.1, 0.15) is 18.5 Å². The van der Waals surface area contributed by atoms with E-state index in [1.807, 2.05) is 23.1 Å². The van der Waals surface area contributed by atoms with Crippen LogP contribution in [-0.4, -0.2) is 46.8 Å². The molecule has 0 radical (unpaired) electrons. The Kier molecular flexibility index (Phi) is 4.29. The number of nitrogens with one attached hydrogen (secondary N) is 1. The first-order valence-corrected chi connectivity index (χ1v) is 9.07. The van der Waals surface area contributed by atoms with Crippen molar-refractivity contribution in [2.75, 3.05) is 26.2 Å². The van der Waals surface area contributed by atoms with Crippen LogP contribution in [0.2, 0.25) is 0 Å². The standard InChI is InChI=1S/C19H24N4O2/c1-22-19(25)16-5-3-2-4-15(16)17(21-22)10-18(24)23-8-6-13-11-20-12-14(13)7-9-23/h2-5,13-14,20H,6-12H2,1H3/t13-,14+. The van der Waals surface area contributed by atoms with Gasteiger partial charge in [-0.15, -0.1) is 0 Å². The smallest absolute Gasteiger partial charge is 0.274 e. The van der Waals surface area contributed by atoms with Gasteiger partial charge >= 0.3 is 0 Å². The molecule has 2 aliphatic rings. The minimum absolute atomic E-state index is 0.115. The Balaban J connectivity index is 1.56. The maximum absolute atomic E-state index is 12.9. The predicted octanol–water partition coefficient (Wildman–Crippen LogP) is 0.934. The summed E-state index contributed by atoms with van der Waals surface area (Å²) < 4.78 is 1.34. The summed E-state index contributed by atoms with van der Waals surface area (Å²) in [6.45, 7) is 3.82. The number of aryl methyl sites for hydroxylation is 1. The van der Waals surface area contributed by atoms with Gasteiger partial charge < -0.3 is 10.2 Å². The highest BCUT2D eigenvalue weighted by Gasteiger charge is 2.31. The third kappa shape index (κ3) is 3.06. The zero-order valence-electron chi connectivity index (χ0n) is 14.6. The quantitative estimate of drug-likeness (QED) is 0.883. The summed E-state index contributed by atoms with van der Waals surface area (Å²) in [6.07, 6.45) is 2.40. The molecule has 1 aromatic heterocycles. The first-order chi connectivity index (χ1) is 12.1. The van der Waals surface area contributed by atoms with E-state index in [1.165, 1.54) is 4.68 Å². The number of likely N-dealkylation sites (tertiary alicyclic amines) is 1. The highest BCUT2D eigenvalue weighted by atomic mass is 16.2. The number of carbonyl (C=O) groups excluding carboxylic acids is 1. The molecule has 2 aromatic rings. The fraction of sp³-hybridized carbons (Fsp3) is 0.526. The molecule has 0 spiro atoms. The van der Waals surface area contributed by atoms with Crippen LogP contribution in [0.4, 0.5) is 0 Å². The normalized spacial score (nSPS) is 23.5. The lowest BCUT2D eigenvalue weighted by Gasteiger charge is -2.21. The molecule has 6 nitrogen and oxygen atoms in total. The van der Waals surface area contributed by atoms with Crippen molar-refractivity contribution in [1.82, 2.24) is 20.0 Å². The Morgan fingerprint density at radius 1 is 1.16 bits per heavy atom. The Hall–Kier alpha value is -2.21. The number of benzene rings is 1. The van der Waals surface area contributed by atoms with Crippen LogP contribution in [0.5, 0.6) is 0 Å². The van der Waals surface area contributed by atoms with E-state index in [9.17, 15) is 9.59 Å². The Bertz CT molecular complexity index is 846. The van der Waals surface area contributed by atoms with E-state index in [0.29, 0.717) is 22.9 Å². The molecule has 25 heavy (non-hydrogen) atoms. The van der Waals surface area contributed by atoms with Gasteiger partial charge in [0.05, 0.1) is 17.5 Å². The molecule has 0 unspecified atom stereocenters. The van der Waals surface area contributed by atoms with Gasteiger partial charge in [0.2, 0.25) is 5.91 Å². The van der Waals surface area contributed by atoms with E-state index in [2.05, 4.69) is 10.4 Å². The molecule has 0 saturated carbocycles. The number of hydrogen-bond acceptors (Lipinski definition) is 4. The average molecular weight is 340 g/mol. The van der Waals surface area contributed by atoms with Crippen LogP contribution in [0.15, 0.2) is 29.1 Å². The topological polar surface area (TPSA) is 67.2 Å². The summed E-state index contributed by atoms with van der Waals surface area (Å²) >= 11 is 0. The van der Waals surface area contributed by atoms with Gasteiger partial charge in [-0.2, -0.15) is 5.10 Å². The van der Waals surface area contributed by atoms with Gasteiger partial charge in [-0.25, -0.2) is 4.68 Å². The lowest BCUT2D eigenvalue weighted by atomic mass is 9.92. The first-order valence-electron chi connectivity index (χ1n) is 9.07. The molecule has 3 heterocycles. The minimum atomic E-state index is -0.123. The molecular formula is C19H24N4O2. The van der Waals surface area contributed by atoms with Crippen molar-refractivity contribution >= 4 is 16.7 Å². The molecule has 2 saturated heterocycles. The van der Waals surface area contributed by atoms with Gasteiger partial charge in [0.1, 0.15) is 0 Å². The number of amides is 1. The SMILES string of the molecule is Cn1nc(CC(=O)N2CC[C@@H]3CNC[C@@H]3CC2)c2ccccc2c1=O. The number of nitrogens with zero attached hydrogens (tertiary/aromatic N) is 3. The highest BCUT2D eigenvalue weighted by Crippen LogP contribution is 2.27. The van der Waals surface area contributed by atoms with Crippen molar-refractivity contribution in [2.45, 2.75) is 19.3 Å². The maximum atomic E-state index is 12.9. The van der Waals surface area contributed by atoms with Crippen LogP contribution in [-0.2, 0) is 18.3 Å². The fourth-order valence-electron chi connectivity index (χ4n) is 4.23. The zero-order chi connectivity index (χ0) is 17.4. The van der Waals surface area contributed by atoms with Gasteiger partial charge in [-0.1, -0.05) is 18.2 Å². The van der Waals surface area contributed by atoms with E-state index >= 15 is 0 Å². The molecule has 0 bridgehead atoms. The van der Waals surface area contributed by atoms with E-state index in [0.717, 1.165) is 44.4 Å². The third-order valence-corrected chi connectivity index (χ3v) is 5.72. The molecule has 132 valence electrons. The summed E-state index contributed by atoms with van der Waals surface area (Å²) in [5.74, 6) is 1.52. The number of hydrogen-bond donors (Lipinski definition) is 1. The average Bonchev–Trinajstić information content (AvgIpc) is 2.97. The van der Waals surface area contributed by atoms with Crippen molar-refractivity contribution in [3.8, 4) is 0 Å². The van der Waals surface area contributed by atoms with Crippen molar-refractivity contribution in [2.24, 2.45) is 18.9 Å². The van der Waals surface area contributed by atoms with Crippen LogP contribution in [0.25, 0.3) is 10.8 Å². The monoisotopic (exact) mass is 340 g/mol. The molecule has 6 heteroatoms. The second-order valence-electron chi connectivity index (χ2n) is 7.23. The summed E-state index contributed by atoms with van der Waals surface area (Å²) in [5, 5.41) is 9.24. The molecular weight excluding hydrogens is 316 g/mol. The number of fused-ring (bicyclic) bond motifs is 2. The summed E-state index contributed by atoms with van der Waals surface area (Å²) in [6, 6.07) is 7.41. The van der Waals surface area contributed by atoms with E-state index in [1.54, 1.807) is 13.1 Å². The van der Waals surface area contributed by atoms with Gasteiger partial charge in [0, 0.05) is 25.5 Å². The molecule has 4 rings (SSSR count). The maximum Gasteiger partial charge on any atom is 0.274 e. The van der Waals surface area contributed by atoms with Crippen molar-refractivity contribution < 1.29 is 4.79 Å². The van der Waals surface area contributed by atoms with Gasteiger partial charge in [0.15, 0.2) is 0 Å². The first kappa shape index (κ1) is 16.3. The Morgan fingerprint density at radius 3 is 2.48 bits per heavy atom. The van der Waals surface area contributed by atoms with E-state index < -0.39 is 0 Å². The van der Waals surface area contributed by atoms with Crippen LogP contribution in [0.3, 0.4) is 0 Å². The van der Waals surface area contributed by atoms with Crippen molar-refractivity contribution in [3.05, 3.63) is 40.3 Å². The molecule has 2 fully saturated rings. The second-order valence-corrected chi connectivity index (χ2v) is 7.23. The van der Waals surface area contributed by atoms with Gasteiger partial charge in [-0.05, 0) is 43.8 Å². The van der Waals surface area contributed by atoms with Gasteiger partial charge in [-0.3, -0.25) is 9.59 Å². The van der Waals surface area contributed by atoms with E-state index in [-0.39, 0.29) is 17.9 Å². The van der Waals surface area contributed by atoms with E-state index in [4.69, 9.17) is 0 Å². The van der Waals surface area contributed by atoms with Crippen LogP contribution >= 0.6 is 0 Å². The highest BCUT2D eigenvalue weighted by molar-refractivity contribution is 5.88. The summed E-state index contributed by atoms with van der Waals surface area (Å²) in [7, 11) is 1.64. The number of rotatable bonds is 2. The second kappa shape index (κ2) is 6.59. The number of aromatic nitrogens is 2. The lowest BCUT2D eigenvalue weighted by molar-refractivity contribution is -0.130. The zero-order valence-corrected chi connectivity index (χ0v) is 14.6. The van der Waals surface area contributed by atoms with Crippen molar-refractivity contribution in [3.63, 3.8) is 0 Å². The van der Waals surface area contributed by atoms with Crippen LogP contribution < -0.4 is 10.9 Å². The minimum Gasteiger partial charge on any atom is -0.342 e. The lowest BCUT2D eigenvalue weighted by Crippen LogP contribution is -2.34. The van der Waals surface area contributed by atoms with Crippen molar-refractivity contribution in [1.29, 1.82) is 0 Å². The van der Waals surface area contributed by atoms with Crippen LogP contribution in [0, 0.1) is 11.8 Å².